The van der Waals surface area contributed by atoms with E-state index in [4.69, 9.17) is 14.7 Å². The molecular formula is C29H35N5O3S. The number of nitrogens with one attached hydrogen (secondary N) is 2. The van der Waals surface area contributed by atoms with E-state index in [1.807, 2.05) is 35.7 Å². The molecule has 4 rings (SSSR count). The molecule has 9 heteroatoms. The minimum absolute atomic E-state index is 0.114. The van der Waals surface area contributed by atoms with Crippen LogP contribution in [0.5, 0.6) is 5.75 Å². The number of methoxy groups -OCH3 is 2. The second-order valence-corrected chi connectivity index (χ2v) is 10.5. The van der Waals surface area contributed by atoms with Crippen molar-refractivity contribution in [2.24, 2.45) is 0 Å². The maximum atomic E-state index is 13.0. The summed E-state index contributed by atoms with van der Waals surface area (Å²) in [6.45, 7) is 5.74. The third-order valence-corrected chi connectivity index (χ3v) is 7.98. The summed E-state index contributed by atoms with van der Waals surface area (Å²) in [7, 11) is 5.49. The van der Waals surface area contributed by atoms with Gasteiger partial charge in [0.1, 0.15) is 5.75 Å². The maximum absolute atomic E-state index is 13.0. The molecule has 1 aliphatic carbocycles. The first-order valence-corrected chi connectivity index (χ1v) is 13.7. The second kappa shape index (κ2) is 12.9. The molecule has 1 aromatic heterocycles. The number of hydrogen-bond acceptors (Lipinski definition) is 8. The van der Waals surface area contributed by atoms with Crippen LogP contribution in [0.4, 0.5) is 5.69 Å². The van der Waals surface area contributed by atoms with Gasteiger partial charge in [-0.2, -0.15) is 5.26 Å². The average Bonchev–Trinajstić information content (AvgIpc) is 3.45. The van der Waals surface area contributed by atoms with Crippen LogP contribution in [0.1, 0.15) is 35.5 Å². The first-order valence-electron chi connectivity index (χ1n) is 12.8. The number of ether oxygens (including phenoxy) is 2. The summed E-state index contributed by atoms with van der Waals surface area (Å²) < 4.78 is 10.8. The smallest absolute Gasteiger partial charge is 0.280 e. The van der Waals surface area contributed by atoms with Crippen LogP contribution in [0.3, 0.4) is 0 Å². The van der Waals surface area contributed by atoms with Crippen molar-refractivity contribution in [3.63, 3.8) is 0 Å². The van der Waals surface area contributed by atoms with Crippen molar-refractivity contribution in [2.75, 3.05) is 46.3 Å². The monoisotopic (exact) mass is 533 g/mol. The van der Waals surface area contributed by atoms with Crippen LogP contribution in [0.25, 0.3) is 22.0 Å². The number of likely N-dealkylation sites (N-methyl/N-ethyl adjacent to an activating group) is 1. The number of fused-ring (bicyclic) bond motifs is 1. The number of amides is 1. The normalized spacial score (nSPS) is 17.2. The number of nitrogens with zero attached hydrogens (tertiary/aromatic N) is 3. The molecule has 1 amide bonds. The fraction of sp³-hybridized carbons (Fsp3) is 0.414. The van der Waals surface area contributed by atoms with Gasteiger partial charge in [0.05, 0.1) is 31.2 Å². The van der Waals surface area contributed by atoms with E-state index in [2.05, 4.69) is 40.2 Å². The highest BCUT2D eigenvalue weighted by Gasteiger charge is 2.26. The first-order chi connectivity index (χ1) is 18.4. The molecule has 0 bridgehead atoms. The number of carbonyl (C=O) groups excluding carboxylic acids is 1. The van der Waals surface area contributed by atoms with Gasteiger partial charge in [-0.1, -0.05) is 24.8 Å². The summed E-state index contributed by atoms with van der Waals surface area (Å²) in [5, 5.41) is 19.9. The van der Waals surface area contributed by atoms with Crippen LogP contribution in [0.2, 0.25) is 0 Å². The highest BCUT2D eigenvalue weighted by molar-refractivity contribution is 7.12. The lowest BCUT2D eigenvalue weighted by Gasteiger charge is -2.34. The molecule has 2 N–H and O–H groups in total. The Kier molecular flexibility index (Phi) is 9.34. The zero-order valence-corrected chi connectivity index (χ0v) is 23.1. The molecule has 3 aromatic rings. The third-order valence-electron chi connectivity index (χ3n) is 7.14. The molecule has 1 heterocycles. The summed E-state index contributed by atoms with van der Waals surface area (Å²) in [6, 6.07) is 12.7. The Morgan fingerprint density at radius 3 is 2.71 bits per heavy atom. The molecular weight excluding hydrogens is 498 g/mol. The molecule has 0 atom stereocenters. The topological polar surface area (TPSA) is 99.5 Å². The van der Waals surface area contributed by atoms with Gasteiger partial charge in [-0.05, 0) is 50.2 Å². The number of thiazole rings is 1. The van der Waals surface area contributed by atoms with Gasteiger partial charge in [0.25, 0.3) is 5.91 Å². The van der Waals surface area contributed by atoms with Crippen LogP contribution < -0.4 is 15.4 Å². The Labute approximate surface area is 228 Å². The van der Waals surface area contributed by atoms with Crippen molar-refractivity contribution in [1.82, 2.24) is 15.2 Å². The van der Waals surface area contributed by atoms with E-state index in [9.17, 15) is 4.79 Å². The van der Waals surface area contributed by atoms with Gasteiger partial charge in [0.15, 0.2) is 5.01 Å². The summed E-state index contributed by atoms with van der Waals surface area (Å²) in [4.78, 5) is 20.0. The van der Waals surface area contributed by atoms with Crippen molar-refractivity contribution in [1.29, 1.82) is 5.26 Å². The zero-order valence-electron chi connectivity index (χ0n) is 22.3. The Balaban J connectivity index is 1.45. The second-order valence-electron chi connectivity index (χ2n) is 9.64. The average molecular weight is 534 g/mol. The molecule has 1 aliphatic rings. The number of anilines is 1. The summed E-state index contributed by atoms with van der Waals surface area (Å²) in [5.74, 6) is 0.565. The Morgan fingerprint density at radius 1 is 1.24 bits per heavy atom. The Hall–Kier alpha value is -3.45. The van der Waals surface area contributed by atoms with Crippen molar-refractivity contribution in [3.05, 3.63) is 52.9 Å². The van der Waals surface area contributed by atoms with E-state index in [-0.39, 0.29) is 11.9 Å². The van der Waals surface area contributed by atoms with Crippen molar-refractivity contribution < 1.29 is 14.3 Å². The van der Waals surface area contributed by atoms with E-state index in [1.165, 1.54) is 11.3 Å². The lowest BCUT2D eigenvalue weighted by atomic mass is 9.90. The molecule has 2 aromatic carbocycles. The number of rotatable bonds is 11. The standard InChI is InChI=1S/C29H35N5O3S/c1-19(16-30)17-31-27-24-15-21(6-5-20(24)7-12-26(27)37-4)25-18-38-29(33-25)28(35)32-22-8-10-23(11-9-22)34(2)13-14-36-3/h5-7,12,15,18,22-23,31H,1,8-11,13-14,17H2,2-4H3,(H,32,35)/t22-,23-. The molecule has 0 radical (unpaired) electrons. The van der Waals surface area contributed by atoms with E-state index in [0.29, 0.717) is 28.9 Å². The highest BCUT2D eigenvalue weighted by Crippen LogP contribution is 2.36. The zero-order chi connectivity index (χ0) is 27.1. The molecule has 200 valence electrons. The minimum atomic E-state index is -0.114. The van der Waals surface area contributed by atoms with Crippen molar-refractivity contribution >= 4 is 33.7 Å². The minimum Gasteiger partial charge on any atom is -0.495 e. The quantitative estimate of drug-likeness (QED) is 0.332. The summed E-state index contributed by atoms with van der Waals surface area (Å²) in [5.41, 5.74) is 2.88. The van der Waals surface area contributed by atoms with E-state index in [0.717, 1.165) is 66.6 Å². The van der Waals surface area contributed by atoms with Gasteiger partial charge in [-0.25, -0.2) is 4.98 Å². The fourth-order valence-corrected chi connectivity index (χ4v) is 5.61. The number of carbonyl (C=O) groups is 1. The van der Waals surface area contributed by atoms with Gasteiger partial charge >= 0.3 is 0 Å². The van der Waals surface area contributed by atoms with E-state index >= 15 is 0 Å². The number of benzene rings is 2. The van der Waals surface area contributed by atoms with Crippen LogP contribution in [-0.2, 0) is 4.74 Å². The number of nitriles is 1. The fourth-order valence-electron chi connectivity index (χ4n) is 4.88. The highest BCUT2D eigenvalue weighted by atomic mass is 32.1. The molecule has 0 spiro atoms. The van der Waals surface area contributed by atoms with Crippen LogP contribution in [0, 0.1) is 11.3 Å². The van der Waals surface area contributed by atoms with E-state index < -0.39 is 0 Å². The van der Waals surface area contributed by atoms with Crippen molar-refractivity contribution in [3.8, 4) is 23.1 Å². The number of hydrogen-bond donors (Lipinski definition) is 2. The maximum Gasteiger partial charge on any atom is 0.280 e. The van der Waals surface area contributed by atoms with Crippen LogP contribution in [0.15, 0.2) is 47.9 Å². The van der Waals surface area contributed by atoms with Crippen molar-refractivity contribution in [2.45, 2.75) is 37.8 Å². The largest absolute Gasteiger partial charge is 0.495 e. The summed E-state index contributed by atoms with van der Waals surface area (Å²) >= 11 is 1.36. The Bertz CT molecular complexity index is 1320. The van der Waals surface area contributed by atoms with Gasteiger partial charge in [0.2, 0.25) is 0 Å². The van der Waals surface area contributed by atoms with E-state index in [1.54, 1.807) is 14.2 Å². The molecule has 0 saturated heterocycles. The lowest BCUT2D eigenvalue weighted by molar-refractivity contribution is 0.0896. The van der Waals surface area contributed by atoms with Gasteiger partial charge in [-0.15, -0.1) is 11.3 Å². The Morgan fingerprint density at radius 2 is 2.00 bits per heavy atom. The molecule has 1 fully saturated rings. The SMILES string of the molecule is C=C(C#N)CNc1c(OC)ccc2ccc(-c3csc(C(=O)N[C@H]4CC[C@H](N(C)CCOC)CC4)n3)cc12. The predicted octanol–water partition coefficient (Wildman–Crippen LogP) is 5.08. The molecule has 1 saturated carbocycles. The molecule has 8 nitrogen and oxygen atoms in total. The third kappa shape index (κ3) is 6.51. The molecule has 0 aliphatic heterocycles. The van der Waals surface area contributed by atoms with Gasteiger partial charge in [0, 0.05) is 54.2 Å². The van der Waals surface area contributed by atoms with Gasteiger partial charge < -0.3 is 25.0 Å². The lowest BCUT2D eigenvalue weighted by Crippen LogP contribution is -2.43. The van der Waals surface area contributed by atoms with Crippen LogP contribution >= 0.6 is 11.3 Å². The van der Waals surface area contributed by atoms with Crippen LogP contribution in [-0.4, -0.2) is 68.8 Å². The van der Waals surface area contributed by atoms with Gasteiger partial charge in [-0.3, -0.25) is 4.79 Å². The molecule has 0 unspecified atom stereocenters. The number of aromatic nitrogens is 1. The molecule has 38 heavy (non-hydrogen) atoms. The first kappa shape index (κ1) is 27.6. The summed E-state index contributed by atoms with van der Waals surface area (Å²) in [6.07, 6.45) is 4.05. The predicted molar refractivity (Wildman–Crippen MR) is 153 cm³/mol.